The van der Waals surface area contributed by atoms with Crippen molar-refractivity contribution in [3.05, 3.63) is 0 Å². The molecular formula is C8H16N2. The predicted molar refractivity (Wildman–Crippen MR) is 44.6 cm³/mol. The van der Waals surface area contributed by atoms with Gasteiger partial charge in [-0.25, -0.2) is 0 Å². The summed E-state index contributed by atoms with van der Waals surface area (Å²) in [5.74, 6) is 5.69. The lowest BCUT2D eigenvalue weighted by Crippen LogP contribution is -2.35. The highest BCUT2D eigenvalue weighted by Gasteiger charge is 2.05. The SMILES string of the molecule is CC(C)(C)NCC#CCN. The molecule has 0 aromatic carbocycles. The van der Waals surface area contributed by atoms with E-state index in [1.54, 1.807) is 0 Å². The summed E-state index contributed by atoms with van der Waals surface area (Å²) in [6.07, 6.45) is 0. The molecule has 0 aliphatic heterocycles. The standard InChI is InChI=1S/C8H16N2/c1-8(2,3)10-7-5-4-6-9/h10H,6-7,9H2,1-3H3. The van der Waals surface area contributed by atoms with Crippen molar-refractivity contribution >= 4 is 0 Å². The molecule has 2 nitrogen and oxygen atoms in total. The fourth-order valence-electron chi connectivity index (χ4n) is 0.444. The maximum absolute atomic E-state index is 5.18. The largest absolute Gasteiger partial charge is 0.320 e. The van der Waals surface area contributed by atoms with Crippen molar-refractivity contribution in [1.82, 2.24) is 5.32 Å². The van der Waals surface area contributed by atoms with Crippen LogP contribution in [-0.2, 0) is 0 Å². The second-order valence-electron chi connectivity index (χ2n) is 3.16. The maximum Gasteiger partial charge on any atom is 0.0580 e. The predicted octanol–water partition coefficient (Wildman–Crippen LogP) is 0.337. The Hall–Kier alpha value is -0.520. The topological polar surface area (TPSA) is 38.0 Å². The average molecular weight is 140 g/mol. The summed E-state index contributed by atoms with van der Waals surface area (Å²) >= 11 is 0. The van der Waals surface area contributed by atoms with Crippen LogP contribution in [0.3, 0.4) is 0 Å². The molecule has 0 aliphatic rings. The van der Waals surface area contributed by atoms with E-state index in [1.807, 2.05) is 0 Å². The fraction of sp³-hybridized carbons (Fsp3) is 0.750. The smallest absolute Gasteiger partial charge is 0.0580 e. The van der Waals surface area contributed by atoms with Gasteiger partial charge in [0.05, 0.1) is 13.1 Å². The maximum atomic E-state index is 5.18. The molecule has 0 atom stereocenters. The van der Waals surface area contributed by atoms with Crippen molar-refractivity contribution < 1.29 is 0 Å². The molecule has 0 aromatic rings. The Kier molecular flexibility index (Phi) is 4.10. The summed E-state index contributed by atoms with van der Waals surface area (Å²) in [5.41, 5.74) is 5.33. The van der Waals surface area contributed by atoms with Crippen LogP contribution >= 0.6 is 0 Å². The molecule has 2 heteroatoms. The molecule has 0 rings (SSSR count). The normalized spacial score (nSPS) is 10.4. The summed E-state index contributed by atoms with van der Waals surface area (Å²) in [7, 11) is 0. The summed E-state index contributed by atoms with van der Waals surface area (Å²) in [4.78, 5) is 0. The quantitative estimate of drug-likeness (QED) is 0.515. The van der Waals surface area contributed by atoms with E-state index in [0.717, 1.165) is 6.54 Å². The summed E-state index contributed by atoms with van der Waals surface area (Å²) < 4.78 is 0. The molecule has 0 radical (unpaired) electrons. The van der Waals surface area contributed by atoms with Gasteiger partial charge in [-0.15, -0.1) is 0 Å². The highest BCUT2D eigenvalue weighted by molar-refractivity contribution is 5.02. The second-order valence-corrected chi connectivity index (χ2v) is 3.16. The van der Waals surface area contributed by atoms with Gasteiger partial charge in [-0.1, -0.05) is 11.8 Å². The van der Waals surface area contributed by atoms with Gasteiger partial charge in [0.1, 0.15) is 0 Å². The van der Waals surface area contributed by atoms with E-state index in [2.05, 4.69) is 37.9 Å². The Morgan fingerprint density at radius 2 is 1.90 bits per heavy atom. The van der Waals surface area contributed by atoms with E-state index < -0.39 is 0 Å². The van der Waals surface area contributed by atoms with Crippen LogP contribution in [0.5, 0.6) is 0 Å². The third kappa shape index (κ3) is 7.48. The van der Waals surface area contributed by atoms with Crippen molar-refractivity contribution in [3.8, 4) is 11.8 Å². The molecule has 0 aromatic heterocycles. The molecule has 3 N–H and O–H groups in total. The molecule has 58 valence electrons. The van der Waals surface area contributed by atoms with Crippen LogP contribution in [0.15, 0.2) is 0 Å². The Balaban J connectivity index is 3.37. The average Bonchev–Trinajstić information content (AvgIpc) is 1.78. The molecule has 0 bridgehead atoms. The van der Waals surface area contributed by atoms with E-state index >= 15 is 0 Å². The molecule has 0 amide bonds. The van der Waals surface area contributed by atoms with E-state index in [1.165, 1.54) is 0 Å². The molecule has 0 saturated heterocycles. The number of rotatable bonds is 1. The first-order chi connectivity index (χ1) is 4.56. The van der Waals surface area contributed by atoms with Crippen LogP contribution in [0, 0.1) is 11.8 Å². The zero-order valence-corrected chi connectivity index (χ0v) is 6.99. The first kappa shape index (κ1) is 9.48. The Morgan fingerprint density at radius 3 is 2.30 bits per heavy atom. The summed E-state index contributed by atoms with van der Waals surface area (Å²) in [6.45, 7) is 7.50. The molecule has 10 heavy (non-hydrogen) atoms. The highest BCUT2D eigenvalue weighted by Crippen LogP contribution is 1.95. The van der Waals surface area contributed by atoms with Gasteiger partial charge >= 0.3 is 0 Å². The zero-order chi connectivity index (χ0) is 8.04. The Bertz CT molecular complexity index is 134. The van der Waals surface area contributed by atoms with Crippen molar-refractivity contribution in [2.24, 2.45) is 5.73 Å². The van der Waals surface area contributed by atoms with Gasteiger partial charge in [0.2, 0.25) is 0 Å². The Morgan fingerprint density at radius 1 is 1.30 bits per heavy atom. The van der Waals surface area contributed by atoms with Crippen LogP contribution in [0.2, 0.25) is 0 Å². The van der Waals surface area contributed by atoms with E-state index in [-0.39, 0.29) is 5.54 Å². The monoisotopic (exact) mass is 140 g/mol. The summed E-state index contributed by atoms with van der Waals surface area (Å²) in [5, 5.41) is 3.23. The number of hydrogen-bond acceptors (Lipinski definition) is 2. The minimum absolute atomic E-state index is 0.156. The molecule has 0 unspecified atom stereocenters. The van der Waals surface area contributed by atoms with Crippen molar-refractivity contribution in [2.75, 3.05) is 13.1 Å². The second kappa shape index (κ2) is 4.32. The van der Waals surface area contributed by atoms with Gasteiger partial charge in [-0.05, 0) is 20.8 Å². The van der Waals surface area contributed by atoms with Gasteiger partial charge in [0, 0.05) is 5.54 Å². The van der Waals surface area contributed by atoms with E-state index in [9.17, 15) is 0 Å². The van der Waals surface area contributed by atoms with Crippen LogP contribution in [0.1, 0.15) is 20.8 Å². The molecule has 0 saturated carbocycles. The number of nitrogens with one attached hydrogen (secondary N) is 1. The van der Waals surface area contributed by atoms with Gasteiger partial charge in [-0.2, -0.15) is 0 Å². The third-order valence-corrected chi connectivity index (χ3v) is 0.934. The fourth-order valence-corrected chi connectivity index (χ4v) is 0.444. The van der Waals surface area contributed by atoms with E-state index in [4.69, 9.17) is 5.73 Å². The lowest BCUT2D eigenvalue weighted by atomic mass is 10.1. The number of nitrogens with two attached hydrogens (primary N) is 1. The third-order valence-electron chi connectivity index (χ3n) is 0.934. The van der Waals surface area contributed by atoms with E-state index in [0.29, 0.717) is 6.54 Å². The lowest BCUT2D eigenvalue weighted by molar-refractivity contribution is 0.452. The van der Waals surface area contributed by atoms with Crippen molar-refractivity contribution in [1.29, 1.82) is 0 Å². The minimum Gasteiger partial charge on any atom is -0.320 e. The van der Waals surface area contributed by atoms with Crippen LogP contribution in [-0.4, -0.2) is 18.6 Å². The highest BCUT2D eigenvalue weighted by atomic mass is 14.9. The Labute approximate surface area is 63.2 Å². The minimum atomic E-state index is 0.156. The molecular weight excluding hydrogens is 124 g/mol. The lowest BCUT2D eigenvalue weighted by Gasteiger charge is -2.17. The first-order valence-electron chi connectivity index (χ1n) is 3.47. The van der Waals surface area contributed by atoms with Crippen LogP contribution < -0.4 is 11.1 Å². The molecule has 0 aliphatic carbocycles. The van der Waals surface area contributed by atoms with Crippen molar-refractivity contribution in [2.45, 2.75) is 26.3 Å². The molecule has 0 heterocycles. The van der Waals surface area contributed by atoms with Gasteiger partial charge in [0.15, 0.2) is 0 Å². The van der Waals surface area contributed by atoms with Crippen LogP contribution in [0.4, 0.5) is 0 Å². The summed E-state index contributed by atoms with van der Waals surface area (Å²) in [6, 6.07) is 0. The van der Waals surface area contributed by atoms with Crippen molar-refractivity contribution in [3.63, 3.8) is 0 Å². The van der Waals surface area contributed by atoms with Gasteiger partial charge in [0.25, 0.3) is 0 Å². The number of hydrogen-bond donors (Lipinski definition) is 2. The van der Waals surface area contributed by atoms with Gasteiger partial charge < -0.3 is 11.1 Å². The van der Waals surface area contributed by atoms with Gasteiger partial charge in [-0.3, -0.25) is 0 Å². The van der Waals surface area contributed by atoms with Crippen LogP contribution in [0.25, 0.3) is 0 Å². The zero-order valence-electron chi connectivity index (χ0n) is 6.99. The molecule has 0 fully saturated rings. The first-order valence-corrected chi connectivity index (χ1v) is 3.47. The molecule has 0 spiro atoms.